The first-order valence-electron chi connectivity index (χ1n) is 22.4. The zero-order chi connectivity index (χ0) is 43.9. The number of piperidine rings is 3. The standard InChI is InChI=1S/C47H51FN12O4/c1-49-35-24-41(54-60-40(26-51-43(35)60)45(63)52-34-23-32(34)48)58-17-12-31-30(4-3-5-36(31)58)33-8-6-28(25-50-33)27-56-18-13-47(14-19-56)15-20-57(21-16-47)29-7-9-37-39(22-29)55(2)46(64)59(37)38-10-11-42(61)53-44(38)62/h3-9,22,24-26,32,34,38,49H,10-21,23,27H2,1-2H3,(H,52,63)(H,53,61,62)/t32-,34+,38?/m0/s1. The molecule has 64 heavy (non-hydrogen) atoms. The van der Waals surface area contributed by atoms with Gasteiger partial charge in [-0.25, -0.2) is 18.7 Å². The van der Waals surface area contributed by atoms with Crippen molar-refractivity contribution in [2.75, 3.05) is 54.9 Å². The van der Waals surface area contributed by atoms with Crippen LogP contribution < -0.4 is 31.4 Å². The zero-order valence-corrected chi connectivity index (χ0v) is 36.0. The molecule has 1 saturated carbocycles. The highest BCUT2D eigenvalue weighted by Gasteiger charge is 2.40. The molecule has 1 spiro atoms. The van der Waals surface area contributed by atoms with Gasteiger partial charge in [0.2, 0.25) is 11.8 Å². The van der Waals surface area contributed by atoms with Gasteiger partial charge in [-0.2, -0.15) is 0 Å². The Labute approximate surface area is 368 Å². The van der Waals surface area contributed by atoms with Crippen molar-refractivity contribution in [2.24, 2.45) is 12.5 Å². The molecule has 16 nitrogen and oxygen atoms in total. The van der Waals surface area contributed by atoms with E-state index in [1.807, 2.05) is 25.4 Å². The van der Waals surface area contributed by atoms with E-state index in [9.17, 15) is 23.6 Å². The highest BCUT2D eigenvalue weighted by molar-refractivity contribution is 6.00. The molecule has 4 aromatic heterocycles. The fraction of sp³-hybridized carbons (Fsp3) is 0.426. The number of anilines is 4. The van der Waals surface area contributed by atoms with Crippen LogP contribution in [0.15, 0.2) is 71.8 Å². The number of pyridine rings is 1. The number of fused-ring (bicyclic) bond motifs is 3. The smallest absolute Gasteiger partial charge is 0.329 e. The van der Waals surface area contributed by atoms with E-state index in [1.165, 1.54) is 17.3 Å². The molecule has 3 N–H and O–H groups in total. The van der Waals surface area contributed by atoms with Crippen LogP contribution in [0.3, 0.4) is 0 Å². The Balaban J connectivity index is 0.722. The van der Waals surface area contributed by atoms with Crippen molar-refractivity contribution in [1.29, 1.82) is 0 Å². The van der Waals surface area contributed by atoms with Crippen LogP contribution in [-0.2, 0) is 29.6 Å². The highest BCUT2D eigenvalue weighted by atomic mass is 19.1. The van der Waals surface area contributed by atoms with Gasteiger partial charge < -0.3 is 20.4 Å². The summed E-state index contributed by atoms with van der Waals surface area (Å²) in [7, 11) is 3.56. The number of likely N-dealkylation sites (tertiary alicyclic amines) is 1. The van der Waals surface area contributed by atoms with Crippen molar-refractivity contribution in [3.8, 4) is 11.3 Å². The van der Waals surface area contributed by atoms with Crippen LogP contribution in [0.1, 0.15) is 72.6 Å². The first-order valence-corrected chi connectivity index (χ1v) is 22.4. The number of nitrogens with one attached hydrogen (secondary N) is 3. The van der Waals surface area contributed by atoms with Crippen LogP contribution in [0.5, 0.6) is 0 Å². The van der Waals surface area contributed by atoms with E-state index >= 15 is 0 Å². The maximum atomic E-state index is 13.6. The molecule has 3 amide bonds. The second-order valence-corrected chi connectivity index (χ2v) is 18.2. The lowest BCUT2D eigenvalue weighted by Crippen LogP contribution is -2.46. The van der Waals surface area contributed by atoms with Crippen molar-refractivity contribution < 1.29 is 18.8 Å². The van der Waals surface area contributed by atoms with Gasteiger partial charge in [-0.1, -0.05) is 18.2 Å². The first-order chi connectivity index (χ1) is 31.1. The van der Waals surface area contributed by atoms with Gasteiger partial charge in [0.1, 0.15) is 12.2 Å². The van der Waals surface area contributed by atoms with E-state index in [0.29, 0.717) is 41.8 Å². The summed E-state index contributed by atoms with van der Waals surface area (Å²) in [6.45, 7) is 5.57. The molecule has 17 heteroatoms. The minimum Gasteiger partial charge on any atom is -0.385 e. The van der Waals surface area contributed by atoms with E-state index in [-0.39, 0.29) is 23.7 Å². The molecular weight excluding hydrogens is 816 g/mol. The van der Waals surface area contributed by atoms with Gasteiger partial charge in [-0.05, 0) is 98.5 Å². The van der Waals surface area contributed by atoms with E-state index in [2.05, 4.69) is 78.1 Å². The van der Waals surface area contributed by atoms with Crippen LogP contribution in [0.2, 0.25) is 0 Å². The average Bonchev–Trinajstić information content (AvgIpc) is 3.59. The molecule has 11 rings (SSSR count). The maximum absolute atomic E-state index is 13.6. The SMILES string of the molecule is CNc1cc(N2CCc3c(-c4ccc(CN5CCC6(CC5)CCN(c5ccc7c(c5)n(C)c(=O)n7C5CCC(=O)NC5=O)CC6)cn4)cccc32)nn2c(C(=O)N[C@@H]3C[C@@H]3F)cnc12. The van der Waals surface area contributed by atoms with Gasteiger partial charge in [0, 0.05) is 82.3 Å². The minimum absolute atomic E-state index is 0.218. The van der Waals surface area contributed by atoms with Gasteiger partial charge in [-0.15, -0.1) is 5.10 Å². The van der Waals surface area contributed by atoms with Crippen LogP contribution in [0.25, 0.3) is 27.9 Å². The summed E-state index contributed by atoms with van der Waals surface area (Å²) in [4.78, 5) is 67.3. The normalized spacial score (nSPS) is 22.0. The third-order valence-corrected chi connectivity index (χ3v) is 14.5. The van der Waals surface area contributed by atoms with Crippen LogP contribution >= 0.6 is 0 Å². The maximum Gasteiger partial charge on any atom is 0.329 e. The molecule has 0 radical (unpaired) electrons. The monoisotopic (exact) mass is 866 g/mol. The van der Waals surface area contributed by atoms with Crippen molar-refractivity contribution in [3.05, 3.63) is 94.3 Å². The number of imidazole rings is 2. The Kier molecular flexibility index (Phi) is 9.77. The van der Waals surface area contributed by atoms with E-state index < -0.39 is 30.1 Å². The fourth-order valence-corrected chi connectivity index (χ4v) is 10.5. The summed E-state index contributed by atoms with van der Waals surface area (Å²) in [5.74, 6) is -0.431. The number of alkyl halides is 1. The second kappa shape index (κ2) is 15.6. The largest absolute Gasteiger partial charge is 0.385 e. The number of imide groups is 1. The summed E-state index contributed by atoms with van der Waals surface area (Å²) < 4.78 is 18.3. The predicted octanol–water partition coefficient (Wildman–Crippen LogP) is 4.88. The van der Waals surface area contributed by atoms with Gasteiger partial charge in [0.05, 0.1) is 34.7 Å². The van der Waals surface area contributed by atoms with Gasteiger partial charge in [-0.3, -0.25) is 38.7 Å². The third-order valence-electron chi connectivity index (χ3n) is 14.5. The molecule has 3 saturated heterocycles. The zero-order valence-electron chi connectivity index (χ0n) is 36.0. The van der Waals surface area contributed by atoms with Crippen molar-refractivity contribution in [1.82, 2.24) is 44.2 Å². The molecule has 4 fully saturated rings. The lowest BCUT2D eigenvalue weighted by molar-refractivity contribution is -0.135. The number of carbonyl (C=O) groups is 3. The van der Waals surface area contributed by atoms with Crippen LogP contribution in [0, 0.1) is 5.41 Å². The number of benzene rings is 2. The summed E-state index contributed by atoms with van der Waals surface area (Å²) in [5, 5.41) is 13.2. The summed E-state index contributed by atoms with van der Waals surface area (Å²) in [6, 6.07) is 17.5. The Morgan fingerprint density at radius 2 is 1.72 bits per heavy atom. The van der Waals surface area contributed by atoms with Gasteiger partial charge in [0.25, 0.3) is 5.91 Å². The lowest BCUT2D eigenvalue weighted by atomic mass is 9.71. The van der Waals surface area contributed by atoms with Crippen molar-refractivity contribution in [3.63, 3.8) is 0 Å². The number of aryl methyl sites for hydroxylation is 1. The van der Waals surface area contributed by atoms with E-state index in [1.54, 1.807) is 20.7 Å². The molecule has 5 aliphatic rings. The third kappa shape index (κ3) is 6.96. The van der Waals surface area contributed by atoms with Crippen molar-refractivity contribution in [2.45, 2.75) is 76.2 Å². The number of halogens is 1. The number of amides is 3. The summed E-state index contributed by atoms with van der Waals surface area (Å²) in [6.07, 6.45) is 8.74. The molecule has 1 aliphatic carbocycles. The second-order valence-electron chi connectivity index (χ2n) is 18.2. The molecule has 1 unspecified atom stereocenters. The number of rotatable bonds is 9. The number of aromatic nitrogens is 6. The highest BCUT2D eigenvalue weighted by Crippen LogP contribution is 2.43. The Morgan fingerprint density at radius 3 is 2.45 bits per heavy atom. The first kappa shape index (κ1) is 40.2. The minimum atomic E-state index is -1.00. The quantitative estimate of drug-likeness (QED) is 0.170. The average molecular weight is 867 g/mol. The molecule has 8 heterocycles. The molecule has 6 aromatic rings. The Morgan fingerprint density at radius 1 is 0.922 bits per heavy atom. The van der Waals surface area contributed by atoms with Gasteiger partial charge in [0.15, 0.2) is 17.2 Å². The number of carbonyl (C=O) groups excluding carboxylic acids is 3. The molecule has 0 bridgehead atoms. The van der Waals surface area contributed by atoms with Crippen LogP contribution in [0.4, 0.5) is 27.3 Å². The summed E-state index contributed by atoms with van der Waals surface area (Å²) >= 11 is 0. The molecule has 330 valence electrons. The van der Waals surface area contributed by atoms with Crippen molar-refractivity contribution >= 4 is 57.3 Å². The number of hydrogen-bond donors (Lipinski definition) is 3. The Bertz CT molecular complexity index is 2900. The number of hydrogen-bond acceptors (Lipinski definition) is 11. The molecule has 2 aromatic carbocycles. The fourth-order valence-electron chi connectivity index (χ4n) is 10.5. The van der Waals surface area contributed by atoms with Gasteiger partial charge >= 0.3 is 5.69 Å². The predicted molar refractivity (Wildman–Crippen MR) is 241 cm³/mol. The Hall–Kier alpha value is -6.62. The lowest BCUT2D eigenvalue weighted by Gasteiger charge is -2.47. The summed E-state index contributed by atoms with van der Waals surface area (Å²) in [5.41, 5.74) is 9.64. The van der Waals surface area contributed by atoms with E-state index in [0.717, 1.165) is 98.7 Å². The van der Waals surface area contributed by atoms with Crippen LogP contribution in [-0.4, -0.2) is 103 Å². The topological polar surface area (TPSA) is 167 Å². The van der Waals surface area contributed by atoms with E-state index in [4.69, 9.17) is 10.1 Å². The molecular formula is C47H51FN12O4. The number of nitrogens with zero attached hydrogens (tertiary/aromatic N) is 9. The molecule has 4 aliphatic heterocycles. The molecule has 3 atom stereocenters.